The van der Waals surface area contributed by atoms with E-state index in [0.29, 0.717) is 23.8 Å². The summed E-state index contributed by atoms with van der Waals surface area (Å²) in [4.78, 5) is 10.6. The number of hydrogen-bond donors (Lipinski definition) is 1. The molecule has 1 N–H and O–H groups in total. The molecule has 0 bridgehead atoms. The Morgan fingerprint density at radius 3 is 2.26 bits per heavy atom. The van der Waals surface area contributed by atoms with Crippen LogP contribution in [0.25, 0.3) is 0 Å². The lowest BCUT2D eigenvalue weighted by atomic mass is 10.1. The lowest BCUT2D eigenvalue weighted by Gasteiger charge is -2.12. The maximum absolute atomic E-state index is 10.6. The first kappa shape index (κ1) is 18.8. The Labute approximate surface area is 162 Å². The molecule has 0 aliphatic rings. The van der Waals surface area contributed by atoms with Crippen LogP contribution in [0.5, 0.6) is 17.2 Å². The van der Waals surface area contributed by atoms with E-state index in [-0.39, 0.29) is 6.42 Å². The fourth-order valence-corrected chi connectivity index (χ4v) is 2.64. The summed E-state index contributed by atoms with van der Waals surface area (Å²) < 4.78 is 11.8. The van der Waals surface area contributed by atoms with Crippen molar-refractivity contribution in [2.45, 2.75) is 19.4 Å². The van der Waals surface area contributed by atoms with Crippen LogP contribution >= 0.6 is 11.6 Å². The van der Waals surface area contributed by atoms with Crippen LogP contribution in [0.1, 0.15) is 17.5 Å². The molecule has 0 radical (unpaired) electrons. The number of aliphatic carboxylic acids is 1. The van der Waals surface area contributed by atoms with Crippen molar-refractivity contribution in [2.75, 3.05) is 0 Å². The first-order valence-corrected chi connectivity index (χ1v) is 8.93. The van der Waals surface area contributed by atoms with Gasteiger partial charge in [-0.1, -0.05) is 41.9 Å². The third-order valence-corrected chi connectivity index (χ3v) is 4.21. The maximum Gasteiger partial charge on any atom is 0.303 e. The van der Waals surface area contributed by atoms with Gasteiger partial charge in [-0.05, 0) is 54.4 Å². The molecule has 0 amide bonds. The molecule has 3 aromatic rings. The molecule has 0 saturated heterocycles. The van der Waals surface area contributed by atoms with Crippen LogP contribution in [0, 0.1) is 0 Å². The number of carbonyl (C=O) groups is 1. The number of ether oxygens (including phenoxy) is 2. The van der Waals surface area contributed by atoms with Gasteiger partial charge in [-0.25, -0.2) is 0 Å². The van der Waals surface area contributed by atoms with Gasteiger partial charge in [0.2, 0.25) is 0 Å². The normalized spacial score (nSPS) is 10.4. The largest absolute Gasteiger partial charge is 0.489 e. The van der Waals surface area contributed by atoms with E-state index in [1.165, 1.54) is 0 Å². The molecule has 0 heterocycles. The van der Waals surface area contributed by atoms with E-state index < -0.39 is 5.97 Å². The molecule has 3 rings (SSSR count). The van der Waals surface area contributed by atoms with Crippen molar-refractivity contribution in [3.8, 4) is 17.2 Å². The highest BCUT2D eigenvalue weighted by molar-refractivity contribution is 6.30. The maximum atomic E-state index is 10.6. The Balaban J connectivity index is 1.62. The molecular weight excluding hydrogens is 364 g/mol. The van der Waals surface area contributed by atoms with Crippen LogP contribution < -0.4 is 9.47 Å². The summed E-state index contributed by atoms with van der Waals surface area (Å²) in [5.41, 5.74) is 1.89. The Morgan fingerprint density at radius 1 is 0.889 bits per heavy atom. The van der Waals surface area contributed by atoms with Gasteiger partial charge in [0.25, 0.3) is 0 Å². The number of hydrogen-bond acceptors (Lipinski definition) is 3. The van der Waals surface area contributed by atoms with E-state index >= 15 is 0 Å². The number of carboxylic acids is 1. The summed E-state index contributed by atoms with van der Waals surface area (Å²) >= 11 is 5.91. The third kappa shape index (κ3) is 5.76. The fraction of sp³-hybridized carbons (Fsp3) is 0.136. The minimum atomic E-state index is -0.798. The molecule has 0 fully saturated rings. The van der Waals surface area contributed by atoms with Gasteiger partial charge < -0.3 is 14.6 Å². The van der Waals surface area contributed by atoms with Crippen LogP contribution in [0.4, 0.5) is 0 Å². The Hall–Kier alpha value is -2.98. The highest BCUT2D eigenvalue weighted by Crippen LogP contribution is 2.27. The van der Waals surface area contributed by atoms with Crippen LogP contribution in [0.2, 0.25) is 5.02 Å². The van der Waals surface area contributed by atoms with Gasteiger partial charge in [0.1, 0.15) is 23.9 Å². The Bertz CT molecular complexity index is 889. The zero-order valence-electron chi connectivity index (χ0n) is 14.6. The molecule has 0 aliphatic heterocycles. The zero-order chi connectivity index (χ0) is 19.1. The quantitative estimate of drug-likeness (QED) is 0.540. The highest BCUT2D eigenvalue weighted by Gasteiger charge is 2.06. The molecule has 0 aliphatic carbocycles. The first-order chi connectivity index (χ1) is 13.1. The Morgan fingerprint density at radius 2 is 1.56 bits per heavy atom. The molecule has 0 saturated carbocycles. The second-order valence-corrected chi connectivity index (χ2v) is 6.43. The number of carboxylic acid groups (broad SMARTS) is 1. The molecule has 0 atom stereocenters. The standard InChI is InChI=1S/C22H19ClO4/c23-18-8-12-20(13-9-18)27-21-4-2-1-3-17(21)15-26-19-10-5-16(6-11-19)7-14-22(24)25/h1-6,8-13H,7,14-15H2,(H,24,25). The average Bonchev–Trinajstić information content (AvgIpc) is 2.68. The third-order valence-electron chi connectivity index (χ3n) is 3.96. The fourth-order valence-electron chi connectivity index (χ4n) is 2.52. The lowest BCUT2D eigenvalue weighted by Crippen LogP contribution is -1.99. The molecule has 27 heavy (non-hydrogen) atoms. The van der Waals surface area contributed by atoms with Crippen molar-refractivity contribution in [2.24, 2.45) is 0 Å². The van der Waals surface area contributed by atoms with E-state index in [0.717, 1.165) is 22.6 Å². The number of halogens is 1. The lowest BCUT2D eigenvalue weighted by molar-refractivity contribution is -0.136. The molecule has 4 nitrogen and oxygen atoms in total. The first-order valence-electron chi connectivity index (χ1n) is 8.55. The minimum Gasteiger partial charge on any atom is -0.489 e. The van der Waals surface area contributed by atoms with E-state index in [1.54, 1.807) is 12.1 Å². The van der Waals surface area contributed by atoms with E-state index in [4.69, 9.17) is 26.2 Å². The second kappa shape index (κ2) is 9.10. The summed E-state index contributed by atoms with van der Waals surface area (Å²) in [5.74, 6) is 1.34. The topological polar surface area (TPSA) is 55.8 Å². The number of aryl methyl sites for hydroxylation is 1. The van der Waals surface area contributed by atoms with Gasteiger partial charge in [-0.2, -0.15) is 0 Å². The van der Waals surface area contributed by atoms with Crippen LogP contribution in [0.15, 0.2) is 72.8 Å². The van der Waals surface area contributed by atoms with Gasteiger partial charge in [0, 0.05) is 17.0 Å². The number of benzene rings is 3. The van der Waals surface area contributed by atoms with Gasteiger partial charge in [0.05, 0.1) is 0 Å². The van der Waals surface area contributed by atoms with Gasteiger partial charge in [-0.15, -0.1) is 0 Å². The second-order valence-electron chi connectivity index (χ2n) is 5.99. The van der Waals surface area contributed by atoms with Crippen LogP contribution in [-0.2, 0) is 17.8 Å². The van der Waals surface area contributed by atoms with Gasteiger partial charge in [-0.3, -0.25) is 4.79 Å². The van der Waals surface area contributed by atoms with Crippen molar-refractivity contribution in [1.82, 2.24) is 0 Å². The van der Waals surface area contributed by atoms with Crippen molar-refractivity contribution in [3.05, 3.63) is 88.9 Å². The van der Waals surface area contributed by atoms with Crippen molar-refractivity contribution < 1.29 is 19.4 Å². The molecule has 0 spiro atoms. The Kier molecular flexibility index (Phi) is 6.34. The molecule has 138 valence electrons. The predicted octanol–water partition coefficient (Wildman–Crippen LogP) is 5.73. The van der Waals surface area contributed by atoms with Gasteiger partial charge >= 0.3 is 5.97 Å². The summed E-state index contributed by atoms with van der Waals surface area (Å²) in [6.45, 7) is 0.359. The summed E-state index contributed by atoms with van der Waals surface area (Å²) in [7, 11) is 0. The molecule has 3 aromatic carbocycles. The number of rotatable bonds is 8. The van der Waals surface area contributed by atoms with Crippen LogP contribution in [0.3, 0.4) is 0 Å². The highest BCUT2D eigenvalue weighted by atomic mass is 35.5. The zero-order valence-corrected chi connectivity index (χ0v) is 15.4. The van der Waals surface area contributed by atoms with E-state index in [1.807, 2.05) is 60.7 Å². The smallest absolute Gasteiger partial charge is 0.303 e. The molecule has 0 aromatic heterocycles. The van der Waals surface area contributed by atoms with E-state index in [2.05, 4.69) is 0 Å². The monoisotopic (exact) mass is 382 g/mol. The molecule has 0 unspecified atom stereocenters. The summed E-state index contributed by atoms with van der Waals surface area (Å²) in [5, 5.41) is 9.40. The SMILES string of the molecule is O=C(O)CCc1ccc(OCc2ccccc2Oc2ccc(Cl)cc2)cc1. The molecular formula is C22H19ClO4. The predicted molar refractivity (Wildman–Crippen MR) is 105 cm³/mol. The molecule has 5 heteroatoms. The van der Waals surface area contributed by atoms with E-state index in [9.17, 15) is 4.79 Å². The van der Waals surface area contributed by atoms with Crippen molar-refractivity contribution >= 4 is 17.6 Å². The average molecular weight is 383 g/mol. The minimum absolute atomic E-state index is 0.121. The van der Waals surface area contributed by atoms with Gasteiger partial charge in [0.15, 0.2) is 0 Å². The van der Waals surface area contributed by atoms with Crippen molar-refractivity contribution in [3.63, 3.8) is 0 Å². The van der Waals surface area contributed by atoms with Crippen molar-refractivity contribution in [1.29, 1.82) is 0 Å². The van der Waals surface area contributed by atoms with Crippen LogP contribution in [-0.4, -0.2) is 11.1 Å². The number of para-hydroxylation sites is 1. The summed E-state index contributed by atoms with van der Waals surface area (Å²) in [6.07, 6.45) is 0.628. The summed E-state index contributed by atoms with van der Waals surface area (Å²) in [6, 6.07) is 22.3.